The molecule has 36 heavy (non-hydrogen) atoms. The van der Waals surface area contributed by atoms with Crippen LogP contribution in [-0.4, -0.2) is 55.3 Å². The molecule has 0 aromatic carbocycles. The summed E-state index contributed by atoms with van der Waals surface area (Å²) >= 11 is 0. The molecule has 2 atom stereocenters. The fraction of sp³-hybridized carbons (Fsp3) is 0.935. The number of nitrogens with zero attached hydrogens (tertiary/aromatic N) is 1. The monoisotopic (exact) mass is 512 g/mol. The van der Waals surface area contributed by atoms with Gasteiger partial charge in [0.25, 0.3) is 0 Å². The number of likely N-dealkylation sites (N-methyl/N-ethyl adjacent to an activating group) is 1. The van der Waals surface area contributed by atoms with Crippen molar-refractivity contribution in [1.82, 2.24) is 0 Å². The van der Waals surface area contributed by atoms with E-state index in [0.29, 0.717) is 23.4 Å². The number of carbonyl (C=O) groups is 2. The number of hydrogen-bond donors (Lipinski definition) is 1. The largest absolute Gasteiger partial charge is 0.481 e. The summed E-state index contributed by atoms with van der Waals surface area (Å²) in [5.41, 5.74) is 0. The molecular formula is C31H62NO4+. The van der Waals surface area contributed by atoms with Crippen LogP contribution >= 0.6 is 0 Å². The van der Waals surface area contributed by atoms with Crippen LogP contribution in [0.4, 0.5) is 0 Å². The Labute approximate surface area is 224 Å². The van der Waals surface area contributed by atoms with Gasteiger partial charge in [0.15, 0.2) is 6.10 Å². The number of rotatable bonds is 26. The van der Waals surface area contributed by atoms with Crippen LogP contribution in [0.15, 0.2) is 0 Å². The second kappa shape index (κ2) is 23.0. The summed E-state index contributed by atoms with van der Waals surface area (Å²) in [5.74, 6) is -0.678. The first-order valence-electron chi connectivity index (χ1n) is 15.4. The maximum Gasteiger partial charge on any atom is 0.307 e. The third-order valence-electron chi connectivity index (χ3n) is 7.09. The summed E-state index contributed by atoms with van der Waals surface area (Å²) in [6.07, 6.45) is 25.3. The van der Waals surface area contributed by atoms with Gasteiger partial charge in [-0.25, -0.2) is 0 Å². The van der Waals surface area contributed by atoms with Gasteiger partial charge in [-0.3, -0.25) is 9.59 Å². The lowest BCUT2D eigenvalue weighted by atomic mass is 9.97. The van der Waals surface area contributed by atoms with Crippen molar-refractivity contribution in [2.75, 3.05) is 27.7 Å². The van der Waals surface area contributed by atoms with Gasteiger partial charge in [0.05, 0.1) is 27.6 Å². The molecule has 2 unspecified atom stereocenters. The molecule has 0 rings (SSSR count). The number of unbranched alkanes of at least 4 members (excludes halogenated alkanes) is 16. The van der Waals surface area contributed by atoms with Crippen molar-refractivity contribution in [3.63, 3.8) is 0 Å². The average molecular weight is 513 g/mol. The summed E-state index contributed by atoms with van der Waals surface area (Å²) in [4.78, 5) is 23.3. The topological polar surface area (TPSA) is 63.6 Å². The Morgan fingerprint density at radius 2 is 1.11 bits per heavy atom. The van der Waals surface area contributed by atoms with E-state index in [2.05, 4.69) is 13.8 Å². The fourth-order valence-electron chi connectivity index (χ4n) is 4.92. The van der Waals surface area contributed by atoms with Crippen molar-refractivity contribution in [1.29, 1.82) is 0 Å². The van der Waals surface area contributed by atoms with Crippen LogP contribution in [0.25, 0.3) is 0 Å². The zero-order valence-corrected chi connectivity index (χ0v) is 24.8. The van der Waals surface area contributed by atoms with Crippen LogP contribution in [0, 0.1) is 5.92 Å². The van der Waals surface area contributed by atoms with Crippen LogP contribution in [-0.2, 0) is 14.3 Å². The van der Waals surface area contributed by atoms with Crippen molar-refractivity contribution in [2.45, 2.75) is 155 Å². The maximum atomic E-state index is 12.2. The number of quaternary nitrogens is 1. The molecule has 0 bridgehead atoms. The summed E-state index contributed by atoms with van der Waals surface area (Å²) < 4.78 is 6.06. The van der Waals surface area contributed by atoms with Crippen molar-refractivity contribution >= 4 is 11.9 Å². The van der Waals surface area contributed by atoms with Crippen LogP contribution in [0.3, 0.4) is 0 Å². The zero-order valence-electron chi connectivity index (χ0n) is 24.8. The van der Waals surface area contributed by atoms with Gasteiger partial charge in [-0.05, 0) is 12.3 Å². The number of carboxylic acid groups (broad SMARTS) is 1. The Morgan fingerprint density at radius 1 is 0.694 bits per heavy atom. The minimum Gasteiger partial charge on any atom is -0.481 e. The van der Waals surface area contributed by atoms with E-state index in [4.69, 9.17) is 9.84 Å². The van der Waals surface area contributed by atoms with Crippen LogP contribution in [0.2, 0.25) is 0 Å². The molecule has 214 valence electrons. The first-order chi connectivity index (χ1) is 17.1. The number of esters is 1. The molecule has 0 heterocycles. The van der Waals surface area contributed by atoms with Crippen molar-refractivity contribution in [3.8, 4) is 0 Å². The van der Waals surface area contributed by atoms with Crippen LogP contribution < -0.4 is 0 Å². The standard InChI is InChI=1S/C31H61NO4/c1-6-7-8-9-10-11-12-13-14-15-16-17-18-19-20-21-22-23-28(2)24-25-31(35)36-29(26-30(33)34)27-32(3,4)5/h28-29H,6-27H2,1-5H3/p+1. The number of ether oxygens (including phenoxy) is 1. The minimum atomic E-state index is -0.923. The predicted octanol–water partition coefficient (Wildman–Crippen LogP) is 8.54. The molecule has 0 spiro atoms. The summed E-state index contributed by atoms with van der Waals surface area (Å²) in [7, 11) is 5.93. The second-order valence-electron chi connectivity index (χ2n) is 12.3. The average Bonchev–Trinajstić information content (AvgIpc) is 2.78. The molecule has 0 saturated heterocycles. The summed E-state index contributed by atoms with van der Waals surface area (Å²) in [6, 6.07) is 0. The molecule has 0 radical (unpaired) electrons. The van der Waals surface area contributed by atoms with Crippen molar-refractivity contribution in [3.05, 3.63) is 0 Å². The Bertz CT molecular complexity index is 529. The van der Waals surface area contributed by atoms with Gasteiger partial charge in [0, 0.05) is 6.42 Å². The summed E-state index contributed by atoms with van der Waals surface area (Å²) in [5, 5.41) is 9.09. The normalized spacial score (nSPS) is 13.5. The lowest BCUT2D eigenvalue weighted by molar-refractivity contribution is -0.873. The van der Waals surface area contributed by atoms with E-state index in [1.807, 2.05) is 21.1 Å². The predicted molar refractivity (Wildman–Crippen MR) is 152 cm³/mol. The van der Waals surface area contributed by atoms with Gasteiger partial charge >= 0.3 is 11.9 Å². The van der Waals surface area contributed by atoms with Gasteiger partial charge in [-0.1, -0.05) is 129 Å². The van der Waals surface area contributed by atoms with Gasteiger partial charge in [-0.15, -0.1) is 0 Å². The highest BCUT2D eigenvalue weighted by atomic mass is 16.5. The van der Waals surface area contributed by atoms with E-state index < -0.39 is 12.1 Å². The Hall–Kier alpha value is -1.10. The van der Waals surface area contributed by atoms with Gasteiger partial charge in [0.2, 0.25) is 0 Å². The fourth-order valence-corrected chi connectivity index (χ4v) is 4.92. The Morgan fingerprint density at radius 3 is 1.50 bits per heavy atom. The molecule has 0 aliphatic rings. The lowest BCUT2D eigenvalue weighted by Gasteiger charge is -2.28. The first-order valence-corrected chi connectivity index (χ1v) is 15.4. The molecule has 0 saturated carbocycles. The molecular weight excluding hydrogens is 450 g/mol. The van der Waals surface area contributed by atoms with E-state index in [1.54, 1.807) is 0 Å². The molecule has 0 aliphatic carbocycles. The molecule has 0 amide bonds. The van der Waals surface area contributed by atoms with Crippen molar-refractivity contribution < 1.29 is 23.9 Å². The minimum absolute atomic E-state index is 0.129. The summed E-state index contributed by atoms with van der Waals surface area (Å²) in [6.45, 7) is 5.00. The number of aliphatic carboxylic acids is 1. The third kappa shape index (κ3) is 26.0. The van der Waals surface area contributed by atoms with Gasteiger partial charge in [-0.2, -0.15) is 0 Å². The quantitative estimate of drug-likeness (QED) is 0.0716. The van der Waals surface area contributed by atoms with Crippen LogP contribution in [0.5, 0.6) is 0 Å². The van der Waals surface area contributed by atoms with Gasteiger partial charge < -0.3 is 14.3 Å². The molecule has 1 N–H and O–H groups in total. The van der Waals surface area contributed by atoms with E-state index in [0.717, 1.165) is 12.8 Å². The number of carbonyl (C=O) groups excluding carboxylic acids is 1. The molecule has 0 aromatic rings. The second-order valence-corrected chi connectivity index (χ2v) is 12.3. The first kappa shape index (κ1) is 34.9. The van der Waals surface area contributed by atoms with Crippen molar-refractivity contribution in [2.24, 2.45) is 5.92 Å². The smallest absolute Gasteiger partial charge is 0.307 e. The highest BCUT2D eigenvalue weighted by Crippen LogP contribution is 2.18. The molecule has 0 aliphatic heterocycles. The highest BCUT2D eigenvalue weighted by molar-refractivity contribution is 5.71. The molecule has 5 nitrogen and oxygen atoms in total. The highest BCUT2D eigenvalue weighted by Gasteiger charge is 2.24. The van der Waals surface area contributed by atoms with Crippen LogP contribution in [0.1, 0.15) is 149 Å². The Balaban J connectivity index is 3.57. The lowest BCUT2D eigenvalue weighted by Crippen LogP contribution is -2.43. The van der Waals surface area contributed by atoms with E-state index in [-0.39, 0.29) is 12.4 Å². The van der Waals surface area contributed by atoms with E-state index in [9.17, 15) is 9.59 Å². The maximum absolute atomic E-state index is 12.2. The zero-order chi connectivity index (χ0) is 27.1. The molecule has 0 fully saturated rings. The molecule has 0 aromatic heterocycles. The number of hydrogen-bond acceptors (Lipinski definition) is 3. The SMILES string of the molecule is CCCCCCCCCCCCCCCCCCCC(C)CCC(=O)OC(CC(=O)O)C[N+](C)(C)C. The van der Waals surface area contributed by atoms with Gasteiger partial charge in [0.1, 0.15) is 6.54 Å². The van der Waals surface area contributed by atoms with E-state index in [1.165, 1.54) is 109 Å². The number of carboxylic acids is 1. The molecule has 5 heteroatoms. The Kier molecular flexibility index (Phi) is 22.3. The third-order valence-corrected chi connectivity index (χ3v) is 7.09. The van der Waals surface area contributed by atoms with E-state index >= 15 is 0 Å².